The predicted molar refractivity (Wildman–Crippen MR) is 70.2 cm³/mol. The summed E-state index contributed by atoms with van der Waals surface area (Å²) in [6.07, 6.45) is 3.55. The van der Waals surface area contributed by atoms with Gasteiger partial charge in [0.15, 0.2) is 0 Å². The number of rotatable bonds is 3. The van der Waals surface area contributed by atoms with E-state index in [1.807, 2.05) is 11.0 Å². The third kappa shape index (κ3) is 3.01. The Morgan fingerprint density at radius 1 is 1.44 bits per heavy atom. The van der Waals surface area contributed by atoms with E-state index in [0.29, 0.717) is 13.0 Å². The van der Waals surface area contributed by atoms with E-state index < -0.39 is 0 Å². The van der Waals surface area contributed by atoms with Crippen LogP contribution in [-0.2, 0) is 11.2 Å². The van der Waals surface area contributed by atoms with Crippen molar-refractivity contribution in [2.75, 3.05) is 13.1 Å². The van der Waals surface area contributed by atoms with Crippen molar-refractivity contribution < 1.29 is 9.90 Å². The average Bonchev–Trinajstić information content (AvgIpc) is 2.38. The molecule has 98 valence electrons. The molecule has 1 heterocycles. The SMILES string of the molecule is NC[C@@H]1CCCCN1C(=O)Cc1cccc(O)c1. The molecule has 2 rings (SSSR count). The van der Waals surface area contributed by atoms with Gasteiger partial charge in [0.25, 0.3) is 0 Å². The van der Waals surface area contributed by atoms with Crippen molar-refractivity contribution in [2.24, 2.45) is 5.73 Å². The molecule has 1 amide bonds. The van der Waals surface area contributed by atoms with Gasteiger partial charge < -0.3 is 15.7 Å². The number of carbonyl (C=O) groups is 1. The number of benzene rings is 1. The zero-order valence-electron chi connectivity index (χ0n) is 10.5. The maximum atomic E-state index is 12.2. The first kappa shape index (κ1) is 12.9. The molecule has 0 bridgehead atoms. The number of carbonyl (C=O) groups excluding carboxylic acids is 1. The summed E-state index contributed by atoms with van der Waals surface area (Å²) in [5, 5.41) is 9.39. The van der Waals surface area contributed by atoms with Gasteiger partial charge in [-0.15, -0.1) is 0 Å². The Balaban J connectivity index is 2.02. The van der Waals surface area contributed by atoms with Crippen LogP contribution in [0, 0.1) is 0 Å². The molecule has 1 fully saturated rings. The third-order valence-corrected chi connectivity index (χ3v) is 3.49. The standard InChI is InChI=1S/C14H20N2O2/c15-10-12-5-1-2-7-16(12)14(18)9-11-4-3-6-13(17)8-11/h3-4,6,8,12,17H,1-2,5,7,9-10,15H2/t12-/m0/s1. The van der Waals surface area contributed by atoms with E-state index in [4.69, 9.17) is 5.73 Å². The number of phenols is 1. The van der Waals surface area contributed by atoms with Crippen molar-refractivity contribution in [3.63, 3.8) is 0 Å². The summed E-state index contributed by atoms with van der Waals surface area (Å²) < 4.78 is 0. The average molecular weight is 248 g/mol. The number of aromatic hydroxyl groups is 1. The summed E-state index contributed by atoms with van der Waals surface area (Å²) in [6.45, 7) is 1.34. The molecule has 4 nitrogen and oxygen atoms in total. The van der Waals surface area contributed by atoms with Crippen LogP contribution >= 0.6 is 0 Å². The van der Waals surface area contributed by atoms with Gasteiger partial charge in [0.2, 0.25) is 5.91 Å². The van der Waals surface area contributed by atoms with Crippen LogP contribution in [-0.4, -0.2) is 35.0 Å². The van der Waals surface area contributed by atoms with E-state index in [0.717, 1.165) is 31.4 Å². The number of nitrogens with zero attached hydrogens (tertiary/aromatic N) is 1. The molecule has 1 aromatic rings. The number of nitrogens with two attached hydrogens (primary N) is 1. The summed E-state index contributed by atoms with van der Waals surface area (Å²) in [4.78, 5) is 14.1. The number of amides is 1. The topological polar surface area (TPSA) is 66.6 Å². The number of hydrogen-bond donors (Lipinski definition) is 2. The molecule has 0 aromatic heterocycles. The first-order valence-corrected chi connectivity index (χ1v) is 6.48. The molecule has 1 atom stereocenters. The monoisotopic (exact) mass is 248 g/mol. The van der Waals surface area contributed by atoms with E-state index in [-0.39, 0.29) is 17.7 Å². The summed E-state index contributed by atoms with van der Waals surface area (Å²) >= 11 is 0. The number of likely N-dealkylation sites (tertiary alicyclic amines) is 1. The molecule has 18 heavy (non-hydrogen) atoms. The summed E-state index contributed by atoms with van der Waals surface area (Å²) in [7, 11) is 0. The van der Waals surface area contributed by atoms with E-state index in [1.54, 1.807) is 18.2 Å². The second-order valence-electron chi connectivity index (χ2n) is 4.82. The molecule has 0 saturated carbocycles. The van der Waals surface area contributed by atoms with Crippen LogP contribution in [0.15, 0.2) is 24.3 Å². The lowest BCUT2D eigenvalue weighted by atomic mass is 10.0. The van der Waals surface area contributed by atoms with Crippen LogP contribution in [0.25, 0.3) is 0 Å². The van der Waals surface area contributed by atoms with Gasteiger partial charge in [-0.25, -0.2) is 0 Å². The molecule has 0 unspecified atom stereocenters. The molecular weight excluding hydrogens is 228 g/mol. The smallest absolute Gasteiger partial charge is 0.227 e. The number of phenolic OH excluding ortho intramolecular Hbond substituents is 1. The van der Waals surface area contributed by atoms with Gasteiger partial charge in [-0.3, -0.25) is 4.79 Å². The first-order valence-electron chi connectivity index (χ1n) is 6.48. The summed E-state index contributed by atoms with van der Waals surface area (Å²) in [5.74, 6) is 0.310. The highest BCUT2D eigenvalue weighted by atomic mass is 16.3. The Morgan fingerprint density at radius 2 is 2.28 bits per heavy atom. The largest absolute Gasteiger partial charge is 0.508 e. The van der Waals surface area contributed by atoms with Gasteiger partial charge in [-0.05, 0) is 37.0 Å². The lowest BCUT2D eigenvalue weighted by molar-refractivity contribution is -0.133. The maximum absolute atomic E-state index is 12.2. The van der Waals surface area contributed by atoms with Crippen molar-refractivity contribution in [2.45, 2.75) is 31.7 Å². The highest BCUT2D eigenvalue weighted by molar-refractivity contribution is 5.79. The second kappa shape index (κ2) is 5.87. The first-order chi connectivity index (χ1) is 8.70. The summed E-state index contributed by atoms with van der Waals surface area (Å²) in [6, 6.07) is 7.05. The molecular formula is C14H20N2O2. The fourth-order valence-electron chi connectivity index (χ4n) is 2.52. The lowest BCUT2D eigenvalue weighted by Gasteiger charge is -2.35. The molecule has 0 radical (unpaired) electrons. The van der Waals surface area contributed by atoms with E-state index >= 15 is 0 Å². The van der Waals surface area contributed by atoms with Crippen molar-refractivity contribution >= 4 is 5.91 Å². The highest BCUT2D eigenvalue weighted by Gasteiger charge is 2.25. The summed E-state index contributed by atoms with van der Waals surface area (Å²) in [5.41, 5.74) is 6.56. The molecule has 1 aromatic carbocycles. The van der Waals surface area contributed by atoms with Gasteiger partial charge in [-0.2, -0.15) is 0 Å². The lowest BCUT2D eigenvalue weighted by Crippen LogP contribution is -2.48. The van der Waals surface area contributed by atoms with Crippen molar-refractivity contribution in [1.29, 1.82) is 0 Å². The fraction of sp³-hybridized carbons (Fsp3) is 0.500. The Hall–Kier alpha value is -1.55. The zero-order valence-corrected chi connectivity index (χ0v) is 10.5. The van der Waals surface area contributed by atoms with E-state index in [9.17, 15) is 9.90 Å². The second-order valence-corrected chi connectivity index (χ2v) is 4.82. The van der Waals surface area contributed by atoms with Crippen molar-refractivity contribution in [3.8, 4) is 5.75 Å². The van der Waals surface area contributed by atoms with Gasteiger partial charge >= 0.3 is 0 Å². The van der Waals surface area contributed by atoms with Gasteiger partial charge in [0.1, 0.15) is 5.75 Å². The Kier molecular flexibility index (Phi) is 4.20. The Labute approximate surface area is 107 Å². The molecule has 1 aliphatic rings. The van der Waals surface area contributed by atoms with Crippen molar-refractivity contribution in [1.82, 2.24) is 4.90 Å². The third-order valence-electron chi connectivity index (χ3n) is 3.49. The van der Waals surface area contributed by atoms with Gasteiger partial charge in [-0.1, -0.05) is 12.1 Å². The molecule has 3 N–H and O–H groups in total. The van der Waals surface area contributed by atoms with Crippen LogP contribution in [0.1, 0.15) is 24.8 Å². The van der Waals surface area contributed by atoms with E-state index in [1.165, 1.54) is 0 Å². The van der Waals surface area contributed by atoms with Crippen LogP contribution in [0.2, 0.25) is 0 Å². The minimum Gasteiger partial charge on any atom is -0.508 e. The maximum Gasteiger partial charge on any atom is 0.227 e. The molecule has 0 aliphatic carbocycles. The molecule has 4 heteroatoms. The van der Waals surface area contributed by atoms with Gasteiger partial charge in [0, 0.05) is 19.1 Å². The van der Waals surface area contributed by atoms with Crippen LogP contribution < -0.4 is 5.73 Å². The quantitative estimate of drug-likeness (QED) is 0.846. The number of hydrogen-bond acceptors (Lipinski definition) is 3. The Bertz CT molecular complexity index is 420. The highest BCUT2D eigenvalue weighted by Crippen LogP contribution is 2.18. The zero-order chi connectivity index (χ0) is 13.0. The molecule has 1 saturated heterocycles. The Morgan fingerprint density at radius 3 is 3.00 bits per heavy atom. The minimum atomic E-state index is 0.107. The normalized spacial score (nSPS) is 19.8. The molecule has 1 aliphatic heterocycles. The molecule has 0 spiro atoms. The van der Waals surface area contributed by atoms with E-state index in [2.05, 4.69) is 0 Å². The van der Waals surface area contributed by atoms with Crippen LogP contribution in [0.3, 0.4) is 0 Å². The fourth-order valence-corrected chi connectivity index (χ4v) is 2.52. The predicted octanol–water partition coefficient (Wildman–Crippen LogP) is 1.27. The number of piperidine rings is 1. The minimum absolute atomic E-state index is 0.107. The van der Waals surface area contributed by atoms with Gasteiger partial charge in [0.05, 0.1) is 6.42 Å². The van der Waals surface area contributed by atoms with Crippen LogP contribution in [0.4, 0.5) is 0 Å². The van der Waals surface area contributed by atoms with Crippen LogP contribution in [0.5, 0.6) is 5.75 Å². The van der Waals surface area contributed by atoms with Crippen molar-refractivity contribution in [3.05, 3.63) is 29.8 Å².